The molecule has 1 unspecified atom stereocenters. The van der Waals surface area contributed by atoms with E-state index in [-0.39, 0.29) is 0 Å². The Morgan fingerprint density at radius 1 is 1.42 bits per heavy atom. The van der Waals surface area contributed by atoms with Crippen molar-refractivity contribution in [2.24, 2.45) is 0 Å². The third kappa shape index (κ3) is 2.23. The van der Waals surface area contributed by atoms with Gasteiger partial charge in [-0.05, 0) is 12.1 Å². The molecule has 0 fully saturated rings. The molecule has 0 N–H and O–H groups in total. The average molecular weight is 166 g/mol. The first-order valence-electron chi connectivity index (χ1n) is 3.38. The van der Waals surface area contributed by atoms with Gasteiger partial charge in [-0.2, -0.15) is 0 Å². The van der Waals surface area contributed by atoms with Crippen LogP contribution in [0.2, 0.25) is 0 Å². The van der Waals surface area contributed by atoms with Gasteiger partial charge < -0.3 is 4.74 Å². The number of benzene rings is 1. The molecule has 4 nitrogen and oxygen atoms in total. The lowest BCUT2D eigenvalue weighted by atomic mass is 10.3. The topological polar surface area (TPSA) is 52.4 Å². The maximum atomic E-state index is 10.1. The summed E-state index contributed by atoms with van der Waals surface area (Å²) in [5.74, 6) is 0.453. The van der Waals surface area contributed by atoms with Crippen LogP contribution in [0.4, 0.5) is 0 Å². The van der Waals surface area contributed by atoms with Gasteiger partial charge in [0.2, 0.25) is 0 Å². The van der Waals surface area contributed by atoms with Gasteiger partial charge in [0.25, 0.3) is 0 Å². The van der Waals surface area contributed by atoms with Crippen LogP contribution in [0.15, 0.2) is 30.3 Å². The van der Waals surface area contributed by atoms with Crippen molar-refractivity contribution in [3.05, 3.63) is 47.4 Å². The molecule has 0 amide bonds. The molecule has 0 heterocycles. The van der Waals surface area contributed by atoms with Crippen molar-refractivity contribution in [2.45, 2.75) is 6.23 Å². The molecule has 4 heteroatoms. The Bertz CT molecular complexity index is 260. The molecule has 0 aliphatic carbocycles. The average Bonchev–Trinajstić information content (AvgIpc) is 2.06. The Morgan fingerprint density at radius 3 is 2.50 bits per heavy atom. The number of ether oxygens (including phenoxy) is 1. The predicted octanol–water partition coefficient (Wildman–Crippen LogP) is 1.50. The van der Waals surface area contributed by atoms with Crippen LogP contribution < -0.4 is 4.74 Å². The minimum atomic E-state index is -1.24. The number of para-hydroxylation sites is 1. The highest BCUT2D eigenvalue weighted by Crippen LogP contribution is 2.10. The third-order valence-corrected chi connectivity index (χ3v) is 1.25. The van der Waals surface area contributed by atoms with Crippen molar-refractivity contribution in [1.82, 2.24) is 0 Å². The highest BCUT2D eigenvalue weighted by atomic mass is 16.7. The highest BCUT2D eigenvalue weighted by Gasteiger charge is 2.13. The van der Waals surface area contributed by atoms with Gasteiger partial charge in [0.1, 0.15) is 5.75 Å². The summed E-state index contributed by atoms with van der Waals surface area (Å²) in [5.41, 5.74) is 0. The molecule has 0 saturated heterocycles. The molecular formula is C8H8NO3. The van der Waals surface area contributed by atoms with Crippen LogP contribution in [-0.4, -0.2) is 11.2 Å². The van der Waals surface area contributed by atoms with Crippen molar-refractivity contribution in [3.63, 3.8) is 0 Å². The van der Waals surface area contributed by atoms with Crippen LogP contribution in [0.3, 0.4) is 0 Å². The van der Waals surface area contributed by atoms with Crippen LogP contribution in [0, 0.1) is 17.0 Å². The molecule has 0 bridgehead atoms. The van der Waals surface area contributed by atoms with Crippen LogP contribution in [0.25, 0.3) is 0 Å². The van der Waals surface area contributed by atoms with E-state index < -0.39 is 11.2 Å². The zero-order valence-corrected chi connectivity index (χ0v) is 6.34. The molecule has 0 saturated carbocycles. The molecule has 1 atom stereocenters. The monoisotopic (exact) mass is 166 g/mol. The lowest BCUT2D eigenvalue weighted by molar-refractivity contribution is -0.549. The second kappa shape index (κ2) is 3.71. The second-order valence-corrected chi connectivity index (χ2v) is 2.17. The molecule has 1 aromatic carbocycles. The zero-order valence-electron chi connectivity index (χ0n) is 6.34. The summed E-state index contributed by atoms with van der Waals surface area (Å²) < 4.78 is 4.87. The Kier molecular flexibility index (Phi) is 2.63. The molecular weight excluding hydrogens is 158 g/mol. The summed E-state index contributed by atoms with van der Waals surface area (Å²) >= 11 is 0. The van der Waals surface area contributed by atoms with Gasteiger partial charge >= 0.3 is 6.23 Å². The first kappa shape index (κ1) is 8.52. The third-order valence-electron chi connectivity index (χ3n) is 1.25. The fraction of sp³-hybridized carbons (Fsp3) is 0.125. The van der Waals surface area contributed by atoms with Crippen LogP contribution in [0.5, 0.6) is 5.75 Å². The quantitative estimate of drug-likeness (QED) is 0.388. The predicted molar refractivity (Wildman–Crippen MR) is 43.2 cm³/mol. The molecule has 1 aromatic rings. The van der Waals surface area contributed by atoms with Gasteiger partial charge in [-0.1, -0.05) is 18.2 Å². The maximum absolute atomic E-state index is 10.1. The Hall–Kier alpha value is -1.58. The SMILES string of the molecule is [CH2]C(Oc1ccccc1)[N+](=O)[O-]. The molecule has 12 heavy (non-hydrogen) atoms. The number of nitro groups is 1. The Labute approximate surface area is 69.9 Å². The van der Waals surface area contributed by atoms with Gasteiger partial charge in [-0.25, -0.2) is 0 Å². The van der Waals surface area contributed by atoms with Crippen LogP contribution >= 0.6 is 0 Å². The summed E-state index contributed by atoms with van der Waals surface area (Å²) in [5, 5.41) is 10.1. The maximum Gasteiger partial charge on any atom is 0.354 e. The standard InChI is InChI=1S/C8H8NO3/c1-7(9(10)11)12-8-5-3-2-4-6-8/h2-7H,1H2. The largest absolute Gasteiger partial charge is 0.430 e. The van der Waals surface area contributed by atoms with E-state index in [1.54, 1.807) is 30.3 Å². The molecule has 0 aliphatic rings. The van der Waals surface area contributed by atoms with E-state index >= 15 is 0 Å². The van der Waals surface area contributed by atoms with E-state index in [4.69, 9.17) is 4.74 Å². The van der Waals surface area contributed by atoms with Gasteiger partial charge in [0.15, 0.2) is 0 Å². The lowest BCUT2D eigenvalue weighted by Gasteiger charge is -2.05. The molecule has 0 spiro atoms. The van der Waals surface area contributed by atoms with E-state index in [0.717, 1.165) is 0 Å². The number of rotatable bonds is 3. The highest BCUT2D eigenvalue weighted by molar-refractivity contribution is 5.21. The van der Waals surface area contributed by atoms with Crippen molar-refractivity contribution < 1.29 is 9.66 Å². The van der Waals surface area contributed by atoms with E-state index in [1.807, 2.05) is 0 Å². The first-order chi connectivity index (χ1) is 5.70. The Morgan fingerprint density at radius 2 is 2.00 bits per heavy atom. The van der Waals surface area contributed by atoms with Crippen molar-refractivity contribution >= 4 is 0 Å². The molecule has 63 valence electrons. The van der Waals surface area contributed by atoms with Gasteiger partial charge in [0, 0.05) is 0 Å². The first-order valence-corrected chi connectivity index (χ1v) is 3.38. The lowest BCUT2D eigenvalue weighted by Crippen LogP contribution is -2.22. The molecule has 1 rings (SSSR count). The van der Waals surface area contributed by atoms with Crippen LogP contribution in [-0.2, 0) is 0 Å². The molecule has 0 aliphatic heterocycles. The van der Waals surface area contributed by atoms with Crippen molar-refractivity contribution in [3.8, 4) is 5.75 Å². The van der Waals surface area contributed by atoms with Gasteiger partial charge in [-0.3, -0.25) is 10.1 Å². The number of nitrogens with zero attached hydrogens (tertiary/aromatic N) is 1. The van der Waals surface area contributed by atoms with Gasteiger partial charge in [0.05, 0.1) is 11.8 Å². The van der Waals surface area contributed by atoms with E-state index in [1.165, 1.54) is 0 Å². The number of hydrogen-bond acceptors (Lipinski definition) is 3. The van der Waals surface area contributed by atoms with Gasteiger partial charge in [-0.15, -0.1) is 0 Å². The summed E-state index contributed by atoms with van der Waals surface area (Å²) in [7, 11) is 0. The summed E-state index contributed by atoms with van der Waals surface area (Å²) in [6, 6.07) is 8.56. The minimum Gasteiger partial charge on any atom is -0.430 e. The molecule has 1 radical (unpaired) electrons. The molecule has 0 aromatic heterocycles. The second-order valence-electron chi connectivity index (χ2n) is 2.17. The van der Waals surface area contributed by atoms with E-state index in [2.05, 4.69) is 6.92 Å². The fourth-order valence-corrected chi connectivity index (χ4v) is 0.699. The summed E-state index contributed by atoms with van der Waals surface area (Å²) in [6.07, 6.45) is -1.24. The van der Waals surface area contributed by atoms with Crippen LogP contribution in [0.1, 0.15) is 0 Å². The summed E-state index contributed by atoms with van der Waals surface area (Å²) in [6.45, 7) is 3.21. The summed E-state index contributed by atoms with van der Waals surface area (Å²) in [4.78, 5) is 9.53. The van der Waals surface area contributed by atoms with Crippen molar-refractivity contribution in [2.75, 3.05) is 0 Å². The number of hydrogen-bond donors (Lipinski definition) is 0. The zero-order chi connectivity index (χ0) is 8.97. The Balaban J connectivity index is 2.58. The van der Waals surface area contributed by atoms with E-state index in [0.29, 0.717) is 5.75 Å². The van der Waals surface area contributed by atoms with Crippen molar-refractivity contribution in [1.29, 1.82) is 0 Å². The fourth-order valence-electron chi connectivity index (χ4n) is 0.699. The minimum absolute atomic E-state index is 0.453. The normalized spacial score (nSPS) is 12.1. The smallest absolute Gasteiger partial charge is 0.354 e. The van der Waals surface area contributed by atoms with E-state index in [9.17, 15) is 10.1 Å².